The van der Waals surface area contributed by atoms with Crippen molar-refractivity contribution in [1.82, 2.24) is 0 Å². The van der Waals surface area contributed by atoms with Crippen LogP contribution in [0.25, 0.3) is 0 Å². The van der Waals surface area contributed by atoms with E-state index in [4.69, 9.17) is 16.3 Å². The molecule has 4 heteroatoms. The molecule has 0 aromatic heterocycles. The van der Waals surface area contributed by atoms with E-state index in [1.807, 2.05) is 42.5 Å². The second-order valence-corrected chi connectivity index (χ2v) is 5.16. The summed E-state index contributed by atoms with van der Waals surface area (Å²) in [6.45, 7) is 0.201. The number of halogens is 1. The first-order chi connectivity index (χ1) is 9.74. The number of rotatable bonds is 3. The van der Waals surface area contributed by atoms with E-state index < -0.39 is 0 Å². The summed E-state index contributed by atoms with van der Waals surface area (Å²) in [5.74, 6) is -0.249. The molecule has 0 spiro atoms. The lowest BCUT2D eigenvalue weighted by molar-refractivity contribution is -0.145. The predicted molar refractivity (Wildman–Crippen MR) is 78.8 cm³/mol. The van der Waals surface area contributed by atoms with Crippen LogP contribution >= 0.6 is 11.6 Å². The lowest BCUT2D eigenvalue weighted by Gasteiger charge is -2.11. The van der Waals surface area contributed by atoms with Crippen molar-refractivity contribution < 1.29 is 9.53 Å². The van der Waals surface area contributed by atoms with E-state index in [9.17, 15) is 4.79 Å². The van der Waals surface area contributed by atoms with E-state index in [0.29, 0.717) is 11.4 Å². The van der Waals surface area contributed by atoms with E-state index >= 15 is 0 Å². The van der Waals surface area contributed by atoms with Crippen molar-refractivity contribution in [3.05, 3.63) is 64.7 Å². The normalized spacial score (nSPS) is 16.4. The summed E-state index contributed by atoms with van der Waals surface area (Å²) in [4.78, 5) is 12.1. The van der Waals surface area contributed by atoms with E-state index in [-0.39, 0.29) is 18.6 Å². The van der Waals surface area contributed by atoms with Crippen LogP contribution in [0.5, 0.6) is 0 Å². The van der Waals surface area contributed by atoms with Crippen LogP contribution in [-0.2, 0) is 22.6 Å². The van der Waals surface area contributed by atoms with Gasteiger partial charge in [-0.15, -0.1) is 0 Å². The first kappa shape index (κ1) is 13.0. The summed E-state index contributed by atoms with van der Waals surface area (Å²) in [7, 11) is 0. The second kappa shape index (κ2) is 5.55. The minimum Gasteiger partial charge on any atom is -0.459 e. The molecule has 1 aliphatic heterocycles. The van der Waals surface area contributed by atoms with Gasteiger partial charge in [-0.1, -0.05) is 48.0 Å². The minimum atomic E-state index is -0.310. The quantitative estimate of drug-likeness (QED) is 0.879. The summed E-state index contributed by atoms with van der Waals surface area (Å²) in [6, 6.07) is 15.0. The van der Waals surface area contributed by atoms with Crippen LogP contribution < -0.4 is 5.32 Å². The number of para-hydroxylation sites is 1. The van der Waals surface area contributed by atoms with Crippen molar-refractivity contribution >= 4 is 23.3 Å². The lowest BCUT2D eigenvalue weighted by Crippen LogP contribution is -2.28. The van der Waals surface area contributed by atoms with Gasteiger partial charge in [0.05, 0.1) is 0 Å². The van der Waals surface area contributed by atoms with Crippen molar-refractivity contribution in [2.75, 3.05) is 5.32 Å². The smallest absolute Gasteiger partial charge is 0.329 e. The van der Waals surface area contributed by atoms with Gasteiger partial charge >= 0.3 is 5.97 Å². The van der Waals surface area contributed by atoms with Gasteiger partial charge < -0.3 is 10.1 Å². The van der Waals surface area contributed by atoms with Crippen molar-refractivity contribution in [3.8, 4) is 0 Å². The Morgan fingerprint density at radius 1 is 1.20 bits per heavy atom. The first-order valence-electron chi connectivity index (χ1n) is 6.48. The van der Waals surface area contributed by atoms with Gasteiger partial charge in [-0.3, -0.25) is 0 Å². The van der Waals surface area contributed by atoms with Gasteiger partial charge in [-0.25, -0.2) is 4.79 Å². The molecule has 102 valence electrons. The molecule has 2 aromatic rings. The largest absolute Gasteiger partial charge is 0.459 e. The molecule has 0 saturated carbocycles. The van der Waals surface area contributed by atoms with Crippen LogP contribution in [0.4, 0.5) is 5.69 Å². The number of hydrogen-bond acceptors (Lipinski definition) is 3. The average molecular weight is 288 g/mol. The summed E-state index contributed by atoms with van der Waals surface area (Å²) in [5.41, 5.74) is 2.97. The number of fused-ring (bicyclic) bond motifs is 1. The molecule has 1 N–H and O–H groups in total. The molecule has 0 unspecified atom stereocenters. The highest BCUT2D eigenvalue weighted by molar-refractivity contribution is 6.31. The van der Waals surface area contributed by atoms with E-state index in [1.165, 1.54) is 0 Å². The monoisotopic (exact) mass is 287 g/mol. The van der Waals surface area contributed by atoms with Crippen molar-refractivity contribution in [2.45, 2.75) is 19.1 Å². The van der Waals surface area contributed by atoms with Crippen LogP contribution in [0.15, 0.2) is 48.5 Å². The van der Waals surface area contributed by atoms with E-state index in [2.05, 4.69) is 5.32 Å². The summed E-state index contributed by atoms with van der Waals surface area (Å²) >= 11 is 6.03. The summed E-state index contributed by atoms with van der Waals surface area (Å²) < 4.78 is 5.34. The fraction of sp³-hybridized carbons (Fsp3) is 0.188. The standard InChI is InChI=1S/C16H14ClNO2/c17-13-7-3-1-6-12(13)10-20-16(19)15-9-11-5-2-4-8-14(11)18-15/h1-8,15,18H,9-10H2/t15-/m0/s1. The van der Waals surface area contributed by atoms with Crippen LogP contribution in [0, 0.1) is 0 Å². The number of carbonyl (C=O) groups is 1. The third-order valence-electron chi connectivity index (χ3n) is 3.38. The Bertz CT molecular complexity index is 617. The molecule has 1 aliphatic rings. The summed E-state index contributed by atoms with van der Waals surface area (Å²) in [5, 5.41) is 3.79. The zero-order chi connectivity index (χ0) is 13.9. The van der Waals surface area contributed by atoms with Crippen molar-refractivity contribution in [1.29, 1.82) is 0 Å². The molecule has 0 aliphatic carbocycles. The molecule has 1 atom stereocenters. The molecule has 0 amide bonds. The van der Waals surface area contributed by atoms with Crippen LogP contribution in [-0.4, -0.2) is 12.0 Å². The van der Waals surface area contributed by atoms with Gasteiger partial charge in [0.1, 0.15) is 12.6 Å². The number of ether oxygens (including phenoxy) is 1. The highest BCUT2D eigenvalue weighted by Crippen LogP contribution is 2.26. The Kier molecular flexibility index (Phi) is 3.61. The molecular weight excluding hydrogens is 274 g/mol. The SMILES string of the molecule is O=C(OCc1ccccc1Cl)[C@@H]1Cc2ccccc2N1. The number of esters is 1. The number of carbonyl (C=O) groups excluding carboxylic acids is 1. The predicted octanol–water partition coefficient (Wildman–Crippen LogP) is 3.42. The third kappa shape index (κ3) is 2.63. The molecule has 0 radical (unpaired) electrons. The van der Waals surface area contributed by atoms with Gasteiger partial charge in [-0.05, 0) is 17.7 Å². The van der Waals surface area contributed by atoms with Crippen LogP contribution in [0.1, 0.15) is 11.1 Å². The maximum atomic E-state index is 12.1. The highest BCUT2D eigenvalue weighted by Gasteiger charge is 2.27. The molecule has 0 bridgehead atoms. The van der Waals surface area contributed by atoms with Crippen LogP contribution in [0.2, 0.25) is 5.02 Å². The Morgan fingerprint density at radius 3 is 2.75 bits per heavy atom. The van der Waals surface area contributed by atoms with Crippen molar-refractivity contribution in [2.24, 2.45) is 0 Å². The third-order valence-corrected chi connectivity index (χ3v) is 3.75. The van der Waals surface area contributed by atoms with Gasteiger partial charge in [0, 0.05) is 22.7 Å². The first-order valence-corrected chi connectivity index (χ1v) is 6.86. The van der Waals surface area contributed by atoms with E-state index in [1.54, 1.807) is 6.07 Å². The molecule has 2 aromatic carbocycles. The topological polar surface area (TPSA) is 38.3 Å². The number of anilines is 1. The van der Waals surface area contributed by atoms with Gasteiger partial charge in [0.15, 0.2) is 0 Å². The van der Waals surface area contributed by atoms with Gasteiger partial charge in [-0.2, -0.15) is 0 Å². The second-order valence-electron chi connectivity index (χ2n) is 4.76. The molecule has 0 saturated heterocycles. The molecular formula is C16H14ClNO2. The Labute approximate surface area is 122 Å². The van der Waals surface area contributed by atoms with Gasteiger partial charge in [0.25, 0.3) is 0 Å². The number of benzene rings is 2. The van der Waals surface area contributed by atoms with E-state index in [0.717, 1.165) is 16.8 Å². The number of hydrogen-bond donors (Lipinski definition) is 1. The summed E-state index contributed by atoms with van der Waals surface area (Å²) in [6.07, 6.45) is 0.664. The maximum Gasteiger partial charge on any atom is 0.329 e. The number of nitrogens with one attached hydrogen (secondary N) is 1. The molecule has 0 fully saturated rings. The zero-order valence-electron chi connectivity index (χ0n) is 10.8. The zero-order valence-corrected chi connectivity index (χ0v) is 11.6. The Hall–Kier alpha value is -2.00. The minimum absolute atomic E-state index is 0.201. The van der Waals surface area contributed by atoms with Crippen molar-refractivity contribution in [3.63, 3.8) is 0 Å². The van der Waals surface area contributed by atoms with Gasteiger partial charge in [0.2, 0.25) is 0 Å². The molecule has 1 heterocycles. The fourth-order valence-corrected chi connectivity index (χ4v) is 2.50. The van der Waals surface area contributed by atoms with Crippen LogP contribution in [0.3, 0.4) is 0 Å². The molecule has 20 heavy (non-hydrogen) atoms. The maximum absolute atomic E-state index is 12.1. The average Bonchev–Trinajstić information content (AvgIpc) is 2.90. The molecule has 3 rings (SSSR count). The molecule has 3 nitrogen and oxygen atoms in total. The highest BCUT2D eigenvalue weighted by atomic mass is 35.5. The lowest BCUT2D eigenvalue weighted by atomic mass is 10.1. The fourth-order valence-electron chi connectivity index (χ4n) is 2.30. The Morgan fingerprint density at radius 2 is 1.95 bits per heavy atom. The Balaban J connectivity index is 1.61.